The molecule has 0 radical (unpaired) electrons. The molecule has 0 aliphatic heterocycles. The Morgan fingerprint density at radius 2 is 2.43 bits per heavy atom. The summed E-state index contributed by atoms with van der Waals surface area (Å²) >= 11 is 0. The Labute approximate surface area is 46.2 Å². The molecule has 0 aliphatic carbocycles. The minimum atomic E-state index is 1.17. The fraction of sp³-hybridized carbons (Fsp3) is 0.200. The molecule has 0 fully saturated rings. The maximum Gasteiger partial charge on any atom is 0.0408 e. The summed E-state index contributed by atoms with van der Waals surface area (Å²) in [5, 5.41) is 1.47. The summed E-state index contributed by atoms with van der Waals surface area (Å²) < 4.78 is 0. The van der Waals surface area contributed by atoms with Crippen LogP contribution >= 0.6 is 0 Å². The average Bonchev–Trinajstić information content (AvgIpc) is 1.91. The highest BCUT2D eigenvalue weighted by Crippen LogP contribution is 1.82. The SMILES string of the molecule is Cc1[nH]ccc1[SiH3]. The van der Waals surface area contributed by atoms with Crippen LogP contribution < -0.4 is 5.19 Å². The summed E-state index contributed by atoms with van der Waals surface area (Å²) in [6.07, 6.45) is 1.98. The molecule has 1 nitrogen and oxygen atoms in total. The zero-order valence-electron chi connectivity index (χ0n) is 4.65. The zero-order chi connectivity index (χ0) is 5.28. The van der Waals surface area contributed by atoms with Gasteiger partial charge in [0.05, 0.1) is 0 Å². The van der Waals surface area contributed by atoms with Gasteiger partial charge in [0.25, 0.3) is 0 Å². The largest absolute Gasteiger partial charge is 0.365 e. The van der Waals surface area contributed by atoms with Crippen molar-refractivity contribution in [3.63, 3.8) is 0 Å². The van der Waals surface area contributed by atoms with Crippen LogP contribution in [0.1, 0.15) is 5.69 Å². The van der Waals surface area contributed by atoms with Gasteiger partial charge in [-0.15, -0.1) is 0 Å². The summed E-state index contributed by atoms with van der Waals surface area (Å²) in [5.74, 6) is 0. The van der Waals surface area contributed by atoms with Crippen molar-refractivity contribution in [2.45, 2.75) is 6.92 Å². The molecule has 0 aliphatic rings. The van der Waals surface area contributed by atoms with Crippen molar-refractivity contribution in [2.24, 2.45) is 0 Å². The Morgan fingerprint density at radius 1 is 1.71 bits per heavy atom. The van der Waals surface area contributed by atoms with E-state index in [-0.39, 0.29) is 0 Å². The number of hydrogen-bond donors (Lipinski definition) is 1. The van der Waals surface area contributed by atoms with Crippen molar-refractivity contribution in [2.75, 3.05) is 0 Å². The lowest BCUT2D eigenvalue weighted by molar-refractivity contribution is 1.28. The molecule has 0 aromatic carbocycles. The predicted molar refractivity (Wildman–Crippen MR) is 35.1 cm³/mol. The summed E-state index contributed by atoms with van der Waals surface area (Å²) in [4.78, 5) is 3.10. The molecule has 1 heterocycles. The van der Waals surface area contributed by atoms with Gasteiger partial charge < -0.3 is 4.98 Å². The van der Waals surface area contributed by atoms with Gasteiger partial charge in [-0.05, 0) is 13.0 Å². The molecule has 0 amide bonds. The fourth-order valence-electron chi connectivity index (χ4n) is 0.531. The van der Waals surface area contributed by atoms with Crippen molar-refractivity contribution in [1.82, 2.24) is 4.98 Å². The number of aromatic nitrogens is 1. The van der Waals surface area contributed by atoms with Crippen LogP contribution in [0.4, 0.5) is 0 Å². The average molecular weight is 111 g/mol. The van der Waals surface area contributed by atoms with Crippen molar-refractivity contribution >= 4 is 15.4 Å². The minimum absolute atomic E-state index is 1.17. The van der Waals surface area contributed by atoms with Crippen LogP contribution in [0.25, 0.3) is 0 Å². The lowest BCUT2D eigenvalue weighted by Gasteiger charge is -1.81. The van der Waals surface area contributed by atoms with Gasteiger partial charge in [0, 0.05) is 22.1 Å². The fourth-order valence-corrected chi connectivity index (χ4v) is 0.842. The summed E-state index contributed by atoms with van der Waals surface area (Å²) in [5.41, 5.74) is 1.33. The Kier molecular flexibility index (Phi) is 1.02. The second kappa shape index (κ2) is 1.54. The third-order valence-electron chi connectivity index (χ3n) is 1.22. The van der Waals surface area contributed by atoms with Crippen LogP contribution in [0.5, 0.6) is 0 Å². The highest BCUT2D eigenvalue weighted by molar-refractivity contribution is 6.33. The van der Waals surface area contributed by atoms with Gasteiger partial charge in [-0.2, -0.15) is 0 Å². The first-order chi connectivity index (χ1) is 3.30. The van der Waals surface area contributed by atoms with Crippen molar-refractivity contribution in [1.29, 1.82) is 0 Å². The van der Waals surface area contributed by atoms with Crippen LogP contribution in [-0.4, -0.2) is 15.2 Å². The molecule has 0 saturated heterocycles. The van der Waals surface area contributed by atoms with E-state index < -0.39 is 0 Å². The predicted octanol–water partition coefficient (Wildman–Crippen LogP) is -0.686. The van der Waals surface area contributed by atoms with E-state index in [0.29, 0.717) is 0 Å². The molecule has 0 atom stereocenters. The second-order valence-electron chi connectivity index (χ2n) is 1.79. The first kappa shape index (κ1) is 4.65. The topological polar surface area (TPSA) is 15.8 Å². The van der Waals surface area contributed by atoms with E-state index in [1.54, 1.807) is 0 Å². The van der Waals surface area contributed by atoms with Gasteiger partial charge in [0.2, 0.25) is 0 Å². The summed E-state index contributed by atoms with van der Waals surface area (Å²) in [6.45, 7) is 2.10. The molecule has 0 saturated carbocycles. The number of H-pyrrole nitrogens is 1. The zero-order valence-corrected chi connectivity index (χ0v) is 6.65. The van der Waals surface area contributed by atoms with E-state index in [1.807, 2.05) is 6.20 Å². The minimum Gasteiger partial charge on any atom is -0.365 e. The maximum atomic E-state index is 3.10. The molecule has 1 aromatic rings. The molecule has 38 valence electrons. The van der Waals surface area contributed by atoms with E-state index >= 15 is 0 Å². The van der Waals surface area contributed by atoms with Crippen molar-refractivity contribution < 1.29 is 0 Å². The molecule has 1 rings (SSSR count). The molecule has 7 heavy (non-hydrogen) atoms. The first-order valence-electron chi connectivity index (χ1n) is 2.41. The summed E-state index contributed by atoms with van der Waals surface area (Å²) in [7, 11) is 1.17. The van der Waals surface area contributed by atoms with Crippen LogP contribution in [0.2, 0.25) is 0 Å². The van der Waals surface area contributed by atoms with Gasteiger partial charge in [0.15, 0.2) is 0 Å². The van der Waals surface area contributed by atoms with Gasteiger partial charge in [0.1, 0.15) is 0 Å². The molecule has 0 spiro atoms. The van der Waals surface area contributed by atoms with Crippen LogP contribution in [-0.2, 0) is 0 Å². The normalized spacial score (nSPS) is 9.86. The monoisotopic (exact) mass is 111 g/mol. The molecule has 0 bridgehead atoms. The third-order valence-corrected chi connectivity index (χ3v) is 2.31. The number of rotatable bonds is 0. The van der Waals surface area contributed by atoms with Crippen LogP contribution in [0, 0.1) is 6.92 Å². The number of hydrogen-bond acceptors (Lipinski definition) is 0. The van der Waals surface area contributed by atoms with Crippen LogP contribution in [0.15, 0.2) is 12.3 Å². The standard InChI is InChI=1S/C5H9NSi/c1-4-5(7)2-3-6-4/h2-3,6H,1,7H3. The highest BCUT2D eigenvalue weighted by atomic mass is 28.1. The number of aryl methyl sites for hydroxylation is 1. The third kappa shape index (κ3) is 0.745. The van der Waals surface area contributed by atoms with E-state index in [9.17, 15) is 0 Å². The lowest BCUT2D eigenvalue weighted by atomic mass is 10.5. The van der Waals surface area contributed by atoms with Crippen molar-refractivity contribution in [3.8, 4) is 0 Å². The Hall–Kier alpha value is -0.503. The van der Waals surface area contributed by atoms with E-state index in [0.717, 1.165) is 0 Å². The van der Waals surface area contributed by atoms with Crippen molar-refractivity contribution in [3.05, 3.63) is 18.0 Å². The first-order valence-corrected chi connectivity index (χ1v) is 3.41. The van der Waals surface area contributed by atoms with Gasteiger partial charge >= 0.3 is 0 Å². The van der Waals surface area contributed by atoms with E-state index in [1.165, 1.54) is 21.1 Å². The smallest absolute Gasteiger partial charge is 0.0408 e. The number of nitrogens with one attached hydrogen (secondary N) is 1. The lowest BCUT2D eigenvalue weighted by Crippen LogP contribution is -2.00. The Balaban J connectivity index is 3.12. The number of aromatic amines is 1. The molecule has 0 unspecified atom stereocenters. The Bertz CT molecular complexity index is 140. The quantitative estimate of drug-likeness (QED) is 0.427. The van der Waals surface area contributed by atoms with Gasteiger partial charge in [-0.1, -0.05) is 5.19 Å². The van der Waals surface area contributed by atoms with E-state index in [2.05, 4.69) is 18.0 Å². The molecule has 2 heteroatoms. The molecular weight excluding hydrogens is 102 g/mol. The Morgan fingerprint density at radius 3 is 2.57 bits per heavy atom. The highest BCUT2D eigenvalue weighted by Gasteiger charge is 1.85. The van der Waals surface area contributed by atoms with Crippen LogP contribution in [0.3, 0.4) is 0 Å². The molecule has 1 N–H and O–H groups in total. The second-order valence-corrected chi connectivity index (χ2v) is 2.86. The molecule has 1 aromatic heterocycles. The van der Waals surface area contributed by atoms with Gasteiger partial charge in [-0.3, -0.25) is 0 Å². The molecular formula is C5H9NSi. The maximum absolute atomic E-state index is 3.10. The van der Waals surface area contributed by atoms with E-state index in [4.69, 9.17) is 0 Å². The summed E-state index contributed by atoms with van der Waals surface area (Å²) in [6, 6.07) is 2.13. The van der Waals surface area contributed by atoms with Gasteiger partial charge in [-0.25, -0.2) is 0 Å².